The van der Waals surface area contributed by atoms with Crippen molar-refractivity contribution in [3.63, 3.8) is 0 Å². The average molecular weight is 363 g/mol. The highest BCUT2D eigenvalue weighted by Crippen LogP contribution is 2.34. The Morgan fingerprint density at radius 2 is 2.00 bits per heavy atom. The van der Waals surface area contributed by atoms with Crippen molar-refractivity contribution in [1.29, 1.82) is 0 Å². The van der Waals surface area contributed by atoms with Crippen LogP contribution in [0.4, 0.5) is 5.69 Å². The van der Waals surface area contributed by atoms with Gasteiger partial charge < -0.3 is 14.2 Å². The Hall–Kier alpha value is -2.90. The van der Waals surface area contributed by atoms with Crippen molar-refractivity contribution in [2.24, 2.45) is 0 Å². The van der Waals surface area contributed by atoms with E-state index in [0.29, 0.717) is 17.0 Å². The Kier molecular flexibility index (Phi) is 6.32. The summed E-state index contributed by atoms with van der Waals surface area (Å²) in [4.78, 5) is 49.1. The lowest BCUT2D eigenvalue weighted by Crippen LogP contribution is -2.48. The number of hydrogen-bond acceptors (Lipinski definition) is 7. The molecule has 1 aromatic rings. The number of ether oxygens (including phenoxy) is 3. The van der Waals surface area contributed by atoms with Gasteiger partial charge in [-0.2, -0.15) is 0 Å². The second-order valence-electron chi connectivity index (χ2n) is 5.66. The molecule has 140 valence electrons. The largest absolute Gasteiger partial charge is 0.482 e. The molecule has 2 rings (SSSR count). The Morgan fingerprint density at radius 3 is 2.65 bits per heavy atom. The zero-order chi connectivity index (χ0) is 19.3. The van der Waals surface area contributed by atoms with E-state index < -0.39 is 23.9 Å². The third-order valence-electron chi connectivity index (χ3n) is 3.95. The molecule has 0 aliphatic carbocycles. The Bertz CT molecular complexity index is 728. The number of rotatable bonds is 7. The van der Waals surface area contributed by atoms with Gasteiger partial charge in [0.25, 0.3) is 5.91 Å². The molecule has 1 heterocycles. The zero-order valence-electron chi connectivity index (χ0n) is 14.9. The molecule has 1 aliphatic heterocycles. The predicted molar refractivity (Wildman–Crippen MR) is 91.1 cm³/mol. The summed E-state index contributed by atoms with van der Waals surface area (Å²) >= 11 is 0. The fourth-order valence-electron chi connectivity index (χ4n) is 2.64. The van der Waals surface area contributed by atoms with Crippen LogP contribution in [0.2, 0.25) is 0 Å². The first-order valence-corrected chi connectivity index (χ1v) is 8.24. The maximum atomic E-state index is 12.3. The van der Waals surface area contributed by atoms with Crippen LogP contribution >= 0.6 is 0 Å². The highest BCUT2D eigenvalue weighted by atomic mass is 16.5. The molecule has 0 saturated carbocycles. The molecule has 26 heavy (non-hydrogen) atoms. The van der Waals surface area contributed by atoms with Gasteiger partial charge in [-0.15, -0.1) is 0 Å². The van der Waals surface area contributed by atoms with E-state index in [1.54, 1.807) is 19.1 Å². The number of amides is 1. The molecule has 1 aromatic carbocycles. The SMILES string of the molecule is CCOC(=O)CCC(=O)c1ccc2c(c1)N(C(C)C(=O)OC)C(=O)CO2. The number of ketones is 1. The van der Waals surface area contributed by atoms with Crippen molar-refractivity contribution in [3.05, 3.63) is 23.8 Å². The molecule has 1 atom stereocenters. The maximum Gasteiger partial charge on any atom is 0.328 e. The second kappa shape index (κ2) is 8.46. The third-order valence-corrected chi connectivity index (χ3v) is 3.95. The van der Waals surface area contributed by atoms with Gasteiger partial charge in [-0.25, -0.2) is 4.79 Å². The lowest BCUT2D eigenvalue weighted by Gasteiger charge is -2.32. The summed E-state index contributed by atoms with van der Waals surface area (Å²) < 4.78 is 14.9. The van der Waals surface area contributed by atoms with Crippen LogP contribution in [0, 0.1) is 0 Å². The van der Waals surface area contributed by atoms with Crippen molar-refractivity contribution in [2.45, 2.75) is 32.7 Å². The highest BCUT2D eigenvalue weighted by Gasteiger charge is 2.34. The van der Waals surface area contributed by atoms with Crippen molar-refractivity contribution < 1.29 is 33.4 Å². The maximum absolute atomic E-state index is 12.3. The number of nitrogens with zero attached hydrogens (tertiary/aromatic N) is 1. The van der Waals surface area contributed by atoms with E-state index in [1.165, 1.54) is 25.0 Å². The van der Waals surface area contributed by atoms with E-state index in [0.717, 1.165) is 0 Å². The molecule has 0 spiro atoms. The van der Waals surface area contributed by atoms with Crippen LogP contribution in [0.5, 0.6) is 5.75 Å². The van der Waals surface area contributed by atoms with Gasteiger partial charge in [0.2, 0.25) is 0 Å². The number of hydrogen-bond donors (Lipinski definition) is 0. The number of Topliss-reactive ketones (excluding diaryl/α,β-unsaturated/α-hetero) is 1. The number of anilines is 1. The predicted octanol–water partition coefficient (Wildman–Crippen LogP) is 1.50. The molecule has 1 aliphatic rings. The lowest BCUT2D eigenvalue weighted by molar-refractivity contribution is -0.143. The topological polar surface area (TPSA) is 99.2 Å². The summed E-state index contributed by atoms with van der Waals surface area (Å²) in [6.45, 7) is 3.28. The molecule has 1 unspecified atom stereocenters. The molecule has 1 amide bonds. The molecule has 0 aromatic heterocycles. The van der Waals surface area contributed by atoms with Crippen LogP contribution in [0.25, 0.3) is 0 Å². The molecule has 0 N–H and O–H groups in total. The minimum atomic E-state index is -0.861. The molecule has 0 fully saturated rings. The van der Waals surface area contributed by atoms with Gasteiger partial charge in [0, 0.05) is 12.0 Å². The smallest absolute Gasteiger partial charge is 0.328 e. The van der Waals surface area contributed by atoms with E-state index in [-0.39, 0.29) is 31.8 Å². The first-order valence-electron chi connectivity index (χ1n) is 8.24. The number of methoxy groups -OCH3 is 1. The standard InChI is InChI=1S/C18H21NO7/c1-4-25-17(22)8-6-14(20)12-5-7-15-13(9-12)19(16(21)10-26-15)11(2)18(23)24-3/h5,7,9,11H,4,6,8,10H2,1-3H3. The number of benzene rings is 1. The minimum absolute atomic E-state index is 0.0149. The average Bonchev–Trinajstić information content (AvgIpc) is 2.64. The summed E-state index contributed by atoms with van der Waals surface area (Å²) in [5.74, 6) is -1.32. The van der Waals surface area contributed by atoms with E-state index >= 15 is 0 Å². The fourth-order valence-corrected chi connectivity index (χ4v) is 2.64. The quantitative estimate of drug-likeness (QED) is 0.535. The summed E-state index contributed by atoms with van der Waals surface area (Å²) in [7, 11) is 1.24. The second-order valence-corrected chi connectivity index (χ2v) is 5.66. The van der Waals surface area contributed by atoms with E-state index in [9.17, 15) is 19.2 Å². The van der Waals surface area contributed by atoms with Crippen LogP contribution in [-0.2, 0) is 23.9 Å². The summed E-state index contributed by atoms with van der Waals surface area (Å²) in [6, 6.07) is 3.75. The number of fused-ring (bicyclic) bond motifs is 1. The molecular formula is C18H21NO7. The number of carbonyl (C=O) groups excluding carboxylic acids is 4. The van der Waals surface area contributed by atoms with Crippen molar-refractivity contribution >= 4 is 29.3 Å². The first-order chi connectivity index (χ1) is 12.4. The van der Waals surface area contributed by atoms with Crippen molar-refractivity contribution in [3.8, 4) is 5.75 Å². The van der Waals surface area contributed by atoms with E-state index in [2.05, 4.69) is 0 Å². The lowest BCUT2D eigenvalue weighted by atomic mass is 10.0. The van der Waals surface area contributed by atoms with Crippen LogP contribution < -0.4 is 9.64 Å². The Labute approximate surface area is 151 Å². The van der Waals surface area contributed by atoms with Crippen LogP contribution in [-0.4, -0.2) is 50.0 Å². The zero-order valence-corrected chi connectivity index (χ0v) is 14.9. The van der Waals surface area contributed by atoms with Crippen LogP contribution in [0.3, 0.4) is 0 Å². The summed E-state index contributed by atoms with van der Waals surface area (Å²) in [6.07, 6.45) is -0.0412. The van der Waals surface area contributed by atoms with Crippen LogP contribution in [0.1, 0.15) is 37.0 Å². The summed E-state index contributed by atoms with van der Waals surface area (Å²) in [5.41, 5.74) is 0.634. The summed E-state index contributed by atoms with van der Waals surface area (Å²) in [5, 5.41) is 0. The van der Waals surface area contributed by atoms with Crippen molar-refractivity contribution in [2.75, 3.05) is 25.2 Å². The Balaban J connectivity index is 2.25. The van der Waals surface area contributed by atoms with E-state index in [1.807, 2.05) is 0 Å². The molecule has 8 nitrogen and oxygen atoms in total. The van der Waals surface area contributed by atoms with Crippen LogP contribution in [0.15, 0.2) is 18.2 Å². The van der Waals surface area contributed by atoms with Gasteiger partial charge in [-0.05, 0) is 32.0 Å². The normalized spacial score (nSPS) is 14.1. The van der Waals surface area contributed by atoms with E-state index in [4.69, 9.17) is 14.2 Å². The third kappa shape index (κ3) is 4.19. The van der Waals surface area contributed by atoms with Gasteiger partial charge in [0.1, 0.15) is 11.8 Å². The molecular weight excluding hydrogens is 342 g/mol. The molecule has 0 radical (unpaired) electrons. The molecule has 0 bridgehead atoms. The van der Waals surface area contributed by atoms with Gasteiger partial charge >= 0.3 is 11.9 Å². The number of esters is 2. The minimum Gasteiger partial charge on any atom is -0.482 e. The monoisotopic (exact) mass is 363 g/mol. The molecule has 8 heteroatoms. The first kappa shape index (κ1) is 19.4. The van der Waals surface area contributed by atoms with Gasteiger partial charge in [0.15, 0.2) is 12.4 Å². The number of carbonyl (C=O) groups is 4. The fraction of sp³-hybridized carbons (Fsp3) is 0.444. The van der Waals surface area contributed by atoms with Gasteiger partial charge in [-0.3, -0.25) is 19.3 Å². The van der Waals surface area contributed by atoms with Gasteiger partial charge in [-0.1, -0.05) is 0 Å². The Morgan fingerprint density at radius 1 is 1.27 bits per heavy atom. The van der Waals surface area contributed by atoms with Gasteiger partial charge in [0.05, 0.1) is 25.8 Å². The molecule has 0 saturated heterocycles. The highest BCUT2D eigenvalue weighted by molar-refractivity contribution is 6.05. The van der Waals surface area contributed by atoms with Crippen molar-refractivity contribution in [1.82, 2.24) is 0 Å².